The van der Waals surface area contributed by atoms with E-state index in [1.807, 2.05) is 54.6 Å². The highest BCUT2D eigenvalue weighted by Crippen LogP contribution is 2.42. The van der Waals surface area contributed by atoms with Crippen molar-refractivity contribution in [3.05, 3.63) is 77.0 Å². The van der Waals surface area contributed by atoms with Crippen molar-refractivity contribution in [3.63, 3.8) is 0 Å². The average molecular weight is 296 g/mol. The van der Waals surface area contributed by atoms with Crippen LogP contribution in [0.5, 0.6) is 0 Å². The molecule has 22 heavy (non-hydrogen) atoms. The molecule has 0 fully saturated rings. The standard InChI is InChI=1S/C18H16O4/c1-20-17(19)16-12-13-8-6-7-11-15(13)18(21-2,22-16)14-9-4-3-5-10-14/h3-12H,1-2H3. The first-order valence-electron chi connectivity index (χ1n) is 6.90. The van der Waals surface area contributed by atoms with Gasteiger partial charge >= 0.3 is 5.97 Å². The molecule has 0 aliphatic carbocycles. The summed E-state index contributed by atoms with van der Waals surface area (Å²) in [7, 11) is 2.88. The fourth-order valence-corrected chi connectivity index (χ4v) is 2.65. The van der Waals surface area contributed by atoms with Crippen LogP contribution in [0.2, 0.25) is 0 Å². The van der Waals surface area contributed by atoms with Crippen LogP contribution >= 0.6 is 0 Å². The first-order valence-corrected chi connectivity index (χ1v) is 6.90. The largest absolute Gasteiger partial charge is 0.463 e. The average Bonchev–Trinajstić information content (AvgIpc) is 2.60. The minimum absolute atomic E-state index is 0.118. The van der Waals surface area contributed by atoms with Crippen molar-refractivity contribution in [2.45, 2.75) is 5.79 Å². The summed E-state index contributed by atoms with van der Waals surface area (Å²) in [5.74, 6) is -1.59. The number of benzene rings is 2. The van der Waals surface area contributed by atoms with Crippen molar-refractivity contribution in [2.75, 3.05) is 14.2 Å². The zero-order valence-corrected chi connectivity index (χ0v) is 12.4. The molecule has 4 nitrogen and oxygen atoms in total. The van der Waals surface area contributed by atoms with Crippen molar-refractivity contribution >= 4 is 12.0 Å². The van der Waals surface area contributed by atoms with E-state index in [2.05, 4.69) is 0 Å². The van der Waals surface area contributed by atoms with E-state index in [0.717, 1.165) is 16.7 Å². The third-order valence-corrected chi connectivity index (χ3v) is 3.68. The van der Waals surface area contributed by atoms with Crippen molar-refractivity contribution < 1.29 is 19.0 Å². The molecule has 0 saturated heterocycles. The fourth-order valence-electron chi connectivity index (χ4n) is 2.65. The third-order valence-electron chi connectivity index (χ3n) is 3.68. The van der Waals surface area contributed by atoms with E-state index in [-0.39, 0.29) is 5.76 Å². The summed E-state index contributed by atoms with van der Waals surface area (Å²) in [6.45, 7) is 0. The molecular weight excluding hydrogens is 280 g/mol. The van der Waals surface area contributed by atoms with Gasteiger partial charge in [0.2, 0.25) is 5.76 Å². The van der Waals surface area contributed by atoms with Gasteiger partial charge in [0.15, 0.2) is 0 Å². The summed E-state index contributed by atoms with van der Waals surface area (Å²) in [5.41, 5.74) is 2.51. The lowest BCUT2D eigenvalue weighted by atomic mass is 9.90. The molecule has 1 aliphatic rings. The molecule has 0 N–H and O–H groups in total. The van der Waals surface area contributed by atoms with E-state index in [9.17, 15) is 4.79 Å². The van der Waals surface area contributed by atoms with E-state index < -0.39 is 11.8 Å². The first-order chi connectivity index (χ1) is 10.7. The Bertz CT molecular complexity index is 721. The van der Waals surface area contributed by atoms with Crippen LogP contribution in [0.1, 0.15) is 16.7 Å². The number of hydrogen-bond acceptors (Lipinski definition) is 4. The minimum atomic E-state index is -1.17. The van der Waals surface area contributed by atoms with Crippen molar-refractivity contribution in [3.8, 4) is 0 Å². The van der Waals surface area contributed by atoms with Crippen LogP contribution in [0.4, 0.5) is 0 Å². The summed E-state index contributed by atoms with van der Waals surface area (Å²) in [5, 5.41) is 0. The molecule has 0 spiro atoms. The highest BCUT2D eigenvalue weighted by Gasteiger charge is 2.43. The second-order valence-electron chi connectivity index (χ2n) is 4.88. The number of carbonyl (C=O) groups excluding carboxylic acids is 1. The molecule has 3 rings (SSSR count). The molecular formula is C18H16O4. The Morgan fingerprint density at radius 3 is 2.36 bits per heavy atom. The quantitative estimate of drug-likeness (QED) is 0.817. The molecule has 4 heteroatoms. The van der Waals surface area contributed by atoms with Crippen molar-refractivity contribution in [1.29, 1.82) is 0 Å². The number of hydrogen-bond donors (Lipinski definition) is 0. The number of methoxy groups -OCH3 is 2. The number of carbonyl (C=O) groups is 1. The van der Waals surface area contributed by atoms with Crippen LogP contribution in [0.3, 0.4) is 0 Å². The zero-order chi connectivity index (χ0) is 15.6. The van der Waals surface area contributed by atoms with Gasteiger partial charge in [0, 0.05) is 18.2 Å². The van der Waals surface area contributed by atoms with E-state index >= 15 is 0 Å². The van der Waals surface area contributed by atoms with Gasteiger partial charge in [-0.15, -0.1) is 0 Å². The molecule has 0 amide bonds. The molecule has 1 heterocycles. The molecule has 112 valence electrons. The highest BCUT2D eigenvalue weighted by molar-refractivity contribution is 5.92. The summed E-state index contributed by atoms with van der Waals surface area (Å²) < 4.78 is 16.5. The fraction of sp³-hybridized carbons (Fsp3) is 0.167. The molecule has 0 saturated carbocycles. The van der Waals surface area contributed by atoms with Gasteiger partial charge in [0.25, 0.3) is 5.79 Å². The Morgan fingerprint density at radius 2 is 1.68 bits per heavy atom. The highest BCUT2D eigenvalue weighted by atomic mass is 16.7. The van der Waals surface area contributed by atoms with Gasteiger partial charge in [-0.25, -0.2) is 4.79 Å². The van der Waals surface area contributed by atoms with Gasteiger partial charge in [-0.05, 0) is 11.6 Å². The second kappa shape index (κ2) is 5.66. The van der Waals surface area contributed by atoms with Gasteiger partial charge in [0.1, 0.15) is 0 Å². The van der Waals surface area contributed by atoms with E-state index in [0.29, 0.717) is 0 Å². The lowest BCUT2D eigenvalue weighted by Gasteiger charge is -2.37. The summed E-state index contributed by atoms with van der Waals surface area (Å²) >= 11 is 0. The summed E-state index contributed by atoms with van der Waals surface area (Å²) in [6.07, 6.45) is 1.67. The Hall–Kier alpha value is -2.59. The Balaban J connectivity index is 2.23. The van der Waals surface area contributed by atoms with E-state index in [4.69, 9.17) is 14.2 Å². The first kappa shape index (κ1) is 14.4. The van der Waals surface area contributed by atoms with E-state index in [1.165, 1.54) is 7.11 Å². The Morgan fingerprint density at radius 1 is 1.00 bits per heavy atom. The Labute approximate surface area is 128 Å². The molecule has 2 aromatic rings. The van der Waals surface area contributed by atoms with Gasteiger partial charge in [0.05, 0.1) is 7.11 Å². The summed E-state index contributed by atoms with van der Waals surface area (Å²) in [6, 6.07) is 17.2. The number of fused-ring (bicyclic) bond motifs is 1. The van der Waals surface area contributed by atoms with Gasteiger partial charge in [-0.3, -0.25) is 0 Å². The van der Waals surface area contributed by atoms with Crippen LogP contribution in [-0.4, -0.2) is 20.2 Å². The van der Waals surface area contributed by atoms with Gasteiger partial charge < -0.3 is 14.2 Å². The van der Waals surface area contributed by atoms with Crippen LogP contribution in [0, 0.1) is 0 Å². The molecule has 0 bridgehead atoms. The SMILES string of the molecule is COC(=O)C1=Cc2ccccc2C(OC)(c2ccccc2)O1. The van der Waals surface area contributed by atoms with Gasteiger partial charge in [-0.2, -0.15) is 0 Å². The maximum atomic E-state index is 11.9. The lowest BCUT2D eigenvalue weighted by molar-refractivity contribution is -0.188. The van der Waals surface area contributed by atoms with Crippen LogP contribution < -0.4 is 0 Å². The predicted molar refractivity (Wildman–Crippen MR) is 81.8 cm³/mol. The molecule has 2 aromatic carbocycles. The summed E-state index contributed by atoms with van der Waals surface area (Å²) in [4.78, 5) is 11.9. The second-order valence-corrected chi connectivity index (χ2v) is 4.88. The molecule has 1 aliphatic heterocycles. The molecule has 0 radical (unpaired) electrons. The number of esters is 1. The zero-order valence-electron chi connectivity index (χ0n) is 12.4. The van der Waals surface area contributed by atoms with Crippen molar-refractivity contribution in [1.82, 2.24) is 0 Å². The molecule has 1 atom stereocenters. The Kier molecular flexibility index (Phi) is 3.69. The van der Waals surface area contributed by atoms with Crippen LogP contribution in [0.25, 0.3) is 6.08 Å². The minimum Gasteiger partial charge on any atom is -0.463 e. The van der Waals surface area contributed by atoms with Crippen LogP contribution in [0.15, 0.2) is 60.4 Å². The predicted octanol–water partition coefficient (Wildman–Crippen LogP) is 3.08. The maximum Gasteiger partial charge on any atom is 0.373 e. The van der Waals surface area contributed by atoms with Gasteiger partial charge in [-0.1, -0.05) is 54.6 Å². The monoisotopic (exact) mass is 296 g/mol. The number of rotatable bonds is 3. The lowest BCUT2D eigenvalue weighted by Crippen LogP contribution is -2.37. The normalized spacial score (nSPS) is 19.6. The van der Waals surface area contributed by atoms with Crippen LogP contribution in [-0.2, 0) is 24.8 Å². The third kappa shape index (κ3) is 2.18. The molecule has 0 aromatic heterocycles. The topological polar surface area (TPSA) is 44.8 Å². The van der Waals surface area contributed by atoms with Crippen molar-refractivity contribution in [2.24, 2.45) is 0 Å². The smallest absolute Gasteiger partial charge is 0.373 e. The maximum absolute atomic E-state index is 11.9. The molecule has 1 unspecified atom stereocenters. The van der Waals surface area contributed by atoms with E-state index in [1.54, 1.807) is 13.2 Å². The number of ether oxygens (including phenoxy) is 3.